The summed E-state index contributed by atoms with van der Waals surface area (Å²) >= 11 is 3.46. The van der Waals surface area contributed by atoms with E-state index in [1.165, 1.54) is 4.90 Å². The molecule has 0 fully saturated rings. The first kappa shape index (κ1) is 33.0. The molecule has 0 aliphatic rings. The summed E-state index contributed by atoms with van der Waals surface area (Å²) in [6.07, 6.45) is 1.01. The molecule has 44 heavy (non-hydrogen) atoms. The molecule has 9 heteroatoms. The minimum atomic E-state index is -4.13. The molecule has 7 nitrogen and oxygen atoms in total. The van der Waals surface area contributed by atoms with Gasteiger partial charge in [0.25, 0.3) is 10.0 Å². The third-order valence-corrected chi connectivity index (χ3v) is 9.61. The van der Waals surface area contributed by atoms with Crippen LogP contribution in [0.3, 0.4) is 0 Å². The lowest BCUT2D eigenvalue weighted by Crippen LogP contribution is -2.53. The molecule has 1 atom stereocenters. The minimum absolute atomic E-state index is 0.0810. The number of anilines is 1. The fraction of sp³-hybridized carbons (Fsp3) is 0.257. The van der Waals surface area contributed by atoms with Crippen molar-refractivity contribution in [2.45, 2.75) is 51.1 Å². The van der Waals surface area contributed by atoms with Gasteiger partial charge in [-0.25, -0.2) is 8.42 Å². The van der Waals surface area contributed by atoms with Crippen LogP contribution in [0.5, 0.6) is 0 Å². The third kappa shape index (κ3) is 8.57. The molecule has 0 spiro atoms. The lowest BCUT2D eigenvalue weighted by atomic mass is 10.0. The maximum absolute atomic E-state index is 14.4. The predicted octanol–water partition coefficient (Wildman–Crippen LogP) is 6.43. The fourth-order valence-corrected chi connectivity index (χ4v) is 6.46. The summed E-state index contributed by atoms with van der Waals surface area (Å²) in [4.78, 5) is 29.7. The highest BCUT2D eigenvalue weighted by Gasteiger charge is 2.34. The Morgan fingerprint density at radius 3 is 1.98 bits per heavy atom. The van der Waals surface area contributed by atoms with E-state index in [0.29, 0.717) is 12.2 Å². The van der Waals surface area contributed by atoms with Gasteiger partial charge in [-0.1, -0.05) is 101 Å². The van der Waals surface area contributed by atoms with Gasteiger partial charge < -0.3 is 10.2 Å². The average molecular weight is 677 g/mol. The topological polar surface area (TPSA) is 86.8 Å². The van der Waals surface area contributed by atoms with Gasteiger partial charge in [-0.3, -0.25) is 13.9 Å². The van der Waals surface area contributed by atoms with Gasteiger partial charge >= 0.3 is 0 Å². The van der Waals surface area contributed by atoms with E-state index >= 15 is 0 Å². The zero-order chi connectivity index (χ0) is 31.7. The van der Waals surface area contributed by atoms with E-state index in [9.17, 15) is 18.0 Å². The van der Waals surface area contributed by atoms with E-state index in [0.717, 1.165) is 37.5 Å². The number of amides is 2. The summed E-state index contributed by atoms with van der Waals surface area (Å²) in [5.41, 5.74) is 3.94. The number of hydrogen-bond donors (Lipinski definition) is 1. The number of carbonyl (C=O) groups excluding carboxylic acids is 2. The highest BCUT2D eigenvalue weighted by atomic mass is 79.9. The van der Waals surface area contributed by atoms with Crippen molar-refractivity contribution in [3.63, 3.8) is 0 Å². The van der Waals surface area contributed by atoms with Gasteiger partial charge in [0.05, 0.1) is 10.6 Å². The normalized spacial score (nSPS) is 11.9. The van der Waals surface area contributed by atoms with Crippen LogP contribution in [-0.4, -0.2) is 44.3 Å². The van der Waals surface area contributed by atoms with Crippen LogP contribution in [0.4, 0.5) is 5.69 Å². The number of nitrogens with one attached hydrogen (secondary N) is 1. The monoisotopic (exact) mass is 675 g/mol. The molecular weight excluding hydrogens is 638 g/mol. The van der Waals surface area contributed by atoms with E-state index in [-0.39, 0.29) is 23.8 Å². The molecule has 0 saturated carbocycles. The smallest absolute Gasteiger partial charge is 0.264 e. The van der Waals surface area contributed by atoms with Gasteiger partial charge in [-0.2, -0.15) is 0 Å². The number of nitrogens with zero attached hydrogens (tertiary/aromatic N) is 2. The fourth-order valence-electron chi connectivity index (χ4n) is 4.78. The molecule has 4 rings (SSSR count). The lowest BCUT2D eigenvalue weighted by molar-refractivity contribution is -0.140. The maximum Gasteiger partial charge on any atom is 0.264 e. The van der Waals surface area contributed by atoms with Crippen molar-refractivity contribution >= 4 is 43.5 Å². The molecule has 0 aromatic heterocycles. The molecular formula is C35H38BrN3O4S. The Morgan fingerprint density at radius 2 is 1.39 bits per heavy atom. The Labute approximate surface area is 269 Å². The summed E-state index contributed by atoms with van der Waals surface area (Å²) in [5, 5.41) is 2.96. The Balaban J connectivity index is 1.78. The second kappa shape index (κ2) is 15.2. The van der Waals surface area contributed by atoms with E-state index in [1.54, 1.807) is 36.4 Å². The van der Waals surface area contributed by atoms with Crippen molar-refractivity contribution in [1.29, 1.82) is 0 Å². The van der Waals surface area contributed by atoms with Crippen LogP contribution in [0.1, 0.15) is 35.6 Å². The Bertz CT molecular complexity index is 1640. The molecule has 0 radical (unpaired) electrons. The molecule has 4 aromatic rings. The number of carbonyl (C=O) groups is 2. The first-order valence-electron chi connectivity index (χ1n) is 14.6. The Kier molecular flexibility index (Phi) is 11.4. The van der Waals surface area contributed by atoms with Crippen molar-refractivity contribution < 1.29 is 18.0 Å². The van der Waals surface area contributed by atoms with Crippen molar-refractivity contribution in [3.05, 3.63) is 130 Å². The highest BCUT2D eigenvalue weighted by Crippen LogP contribution is 2.26. The zero-order valence-electron chi connectivity index (χ0n) is 25.2. The van der Waals surface area contributed by atoms with Crippen LogP contribution in [0.25, 0.3) is 0 Å². The predicted molar refractivity (Wildman–Crippen MR) is 179 cm³/mol. The van der Waals surface area contributed by atoms with Gasteiger partial charge in [-0.15, -0.1) is 0 Å². The first-order chi connectivity index (χ1) is 21.1. The first-order valence-corrected chi connectivity index (χ1v) is 16.8. The summed E-state index contributed by atoms with van der Waals surface area (Å²) in [6.45, 7) is 5.86. The van der Waals surface area contributed by atoms with E-state index in [4.69, 9.17) is 0 Å². The van der Waals surface area contributed by atoms with Crippen molar-refractivity contribution in [1.82, 2.24) is 10.2 Å². The molecule has 0 saturated heterocycles. The van der Waals surface area contributed by atoms with Gasteiger partial charge in [0.15, 0.2) is 0 Å². The van der Waals surface area contributed by atoms with Crippen molar-refractivity contribution in [3.8, 4) is 0 Å². The number of rotatable bonds is 13. The average Bonchev–Trinajstić information content (AvgIpc) is 3.02. The molecule has 4 aromatic carbocycles. The lowest BCUT2D eigenvalue weighted by Gasteiger charge is -2.34. The number of aryl methyl sites for hydroxylation is 2. The van der Waals surface area contributed by atoms with E-state index in [2.05, 4.69) is 21.2 Å². The van der Waals surface area contributed by atoms with Gasteiger partial charge in [0.2, 0.25) is 11.8 Å². The van der Waals surface area contributed by atoms with Crippen molar-refractivity contribution in [2.75, 3.05) is 17.4 Å². The van der Waals surface area contributed by atoms with E-state index in [1.807, 2.05) is 87.5 Å². The van der Waals surface area contributed by atoms with Crippen molar-refractivity contribution in [2.24, 2.45) is 0 Å². The number of hydrogen-bond acceptors (Lipinski definition) is 4. The zero-order valence-corrected chi connectivity index (χ0v) is 27.6. The molecule has 230 valence electrons. The second-order valence-corrected chi connectivity index (χ2v) is 13.6. The summed E-state index contributed by atoms with van der Waals surface area (Å²) in [6, 6.07) is 29.8. The molecule has 2 amide bonds. The Morgan fingerprint density at radius 1 is 0.795 bits per heavy atom. The molecule has 0 unspecified atom stereocenters. The number of halogens is 1. The third-order valence-electron chi connectivity index (χ3n) is 7.30. The maximum atomic E-state index is 14.4. The van der Waals surface area contributed by atoms with Gasteiger partial charge in [0, 0.05) is 24.0 Å². The number of benzene rings is 4. The molecule has 1 N–H and O–H groups in total. The van der Waals surface area contributed by atoms with Crippen LogP contribution in [0.2, 0.25) is 0 Å². The van der Waals surface area contributed by atoms with Crippen LogP contribution in [0.15, 0.2) is 112 Å². The number of sulfonamides is 1. The van der Waals surface area contributed by atoms with Crippen LogP contribution >= 0.6 is 15.9 Å². The summed E-state index contributed by atoms with van der Waals surface area (Å²) in [7, 11) is -4.13. The molecule has 0 aliphatic heterocycles. The Hall–Kier alpha value is -3.95. The quantitative estimate of drug-likeness (QED) is 0.177. The van der Waals surface area contributed by atoms with Crippen LogP contribution in [0, 0.1) is 13.8 Å². The van der Waals surface area contributed by atoms with Gasteiger partial charge in [0.1, 0.15) is 12.6 Å². The second-order valence-electron chi connectivity index (χ2n) is 10.8. The van der Waals surface area contributed by atoms with Crippen LogP contribution < -0.4 is 9.62 Å². The van der Waals surface area contributed by atoms with Crippen LogP contribution in [-0.2, 0) is 32.6 Å². The largest absolute Gasteiger partial charge is 0.354 e. The SMILES string of the molecule is CCCNC(=O)[C@H](Cc1ccccc1)N(Cc1ccc(Br)cc1)C(=O)CN(c1ccc(C)cc1)S(=O)(=O)c1ccc(C)cc1. The molecule has 0 aliphatic carbocycles. The minimum Gasteiger partial charge on any atom is -0.354 e. The molecule has 0 heterocycles. The summed E-state index contributed by atoms with van der Waals surface area (Å²) in [5.74, 6) is -0.777. The highest BCUT2D eigenvalue weighted by molar-refractivity contribution is 9.10. The van der Waals surface area contributed by atoms with Gasteiger partial charge in [-0.05, 0) is 67.8 Å². The molecule has 0 bridgehead atoms. The standard InChI is InChI=1S/C35H38BrN3O4S/c1-4-22-37-35(41)33(23-28-8-6-5-7-9-28)38(24-29-14-16-30(36)17-15-29)34(40)25-39(31-18-10-26(2)11-19-31)44(42,43)32-20-12-27(3)13-21-32/h5-21,33H,4,22-25H2,1-3H3,(H,37,41)/t33-/m0/s1. The summed E-state index contributed by atoms with van der Waals surface area (Å²) < 4.78 is 30.2. The van der Waals surface area contributed by atoms with E-state index < -0.39 is 28.5 Å².